The highest BCUT2D eigenvalue weighted by Gasteiger charge is 2.46. The number of hydrogen-bond donors (Lipinski definition) is 1. The maximum atomic E-state index is 13.3. The zero-order valence-corrected chi connectivity index (χ0v) is 19.2. The number of methoxy groups -OCH3 is 1. The molecule has 0 aromatic heterocycles. The van der Waals surface area contributed by atoms with E-state index in [1.807, 2.05) is 30.3 Å². The summed E-state index contributed by atoms with van der Waals surface area (Å²) >= 11 is 0. The molecule has 1 saturated heterocycles. The molecule has 35 heavy (non-hydrogen) atoms. The topological polar surface area (TPSA) is 96.0 Å². The van der Waals surface area contributed by atoms with Crippen LogP contribution in [0.25, 0.3) is 0 Å². The molecule has 1 aliphatic heterocycles. The number of para-hydroxylation sites is 1. The van der Waals surface area contributed by atoms with E-state index in [9.17, 15) is 19.2 Å². The lowest BCUT2D eigenvalue weighted by Crippen LogP contribution is -2.39. The number of ether oxygens (including phenoxy) is 1. The molecule has 1 aliphatic rings. The van der Waals surface area contributed by atoms with Crippen molar-refractivity contribution in [3.63, 3.8) is 0 Å². The van der Waals surface area contributed by atoms with Gasteiger partial charge in [-0.1, -0.05) is 48.5 Å². The van der Waals surface area contributed by atoms with Crippen LogP contribution < -0.4 is 10.2 Å². The molecule has 0 spiro atoms. The summed E-state index contributed by atoms with van der Waals surface area (Å²) in [7, 11) is 1.29. The summed E-state index contributed by atoms with van der Waals surface area (Å²) in [4.78, 5) is 53.6. The molecule has 0 unspecified atom stereocenters. The van der Waals surface area contributed by atoms with E-state index in [0.29, 0.717) is 29.9 Å². The van der Waals surface area contributed by atoms with Crippen LogP contribution >= 0.6 is 0 Å². The zero-order valence-electron chi connectivity index (χ0n) is 19.2. The Hall–Kier alpha value is -4.46. The molecule has 4 amide bonds. The van der Waals surface area contributed by atoms with Gasteiger partial charge in [0.15, 0.2) is 0 Å². The number of hydrogen-bond acceptors (Lipinski definition) is 5. The van der Waals surface area contributed by atoms with Gasteiger partial charge in [0.25, 0.3) is 5.91 Å². The summed E-state index contributed by atoms with van der Waals surface area (Å²) < 4.78 is 4.68. The summed E-state index contributed by atoms with van der Waals surface area (Å²) in [5.74, 6) is -1.33. The molecule has 4 rings (SSSR count). The lowest BCUT2D eigenvalue weighted by molar-refractivity contribution is -0.124. The van der Waals surface area contributed by atoms with Crippen molar-refractivity contribution in [3.8, 4) is 0 Å². The molecule has 3 aromatic carbocycles. The Labute approximate surface area is 203 Å². The summed E-state index contributed by atoms with van der Waals surface area (Å²) in [6, 6.07) is 23.2. The van der Waals surface area contributed by atoms with Gasteiger partial charge in [-0.15, -0.1) is 0 Å². The second-order valence-corrected chi connectivity index (χ2v) is 8.06. The van der Waals surface area contributed by atoms with Crippen LogP contribution in [0.15, 0.2) is 84.9 Å². The minimum atomic E-state index is -0.930. The van der Waals surface area contributed by atoms with Gasteiger partial charge in [-0.2, -0.15) is 0 Å². The van der Waals surface area contributed by atoms with Gasteiger partial charge in [-0.25, -0.2) is 14.5 Å². The van der Waals surface area contributed by atoms with Crippen molar-refractivity contribution in [1.29, 1.82) is 0 Å². The molecule has 1 N–H and O–H groups in total. The van der Waals surface area contributed by atoms with Crippen LogP contribution in [0.2, 0.25) is 0 Å². The molecule has 1 heterocycles. The van der Waals surface area contributed by atoms with Gasteiger partial charge in [-0.3, -0.25) is 9.59 Å². The van der Waals surface area contributed by atoms with Gasteiger partial charge in [0.05, 0.1) is 24.8 Å². The molecule has 8 heteroatoms. The monoisotopic (exact) mass is 471 g/mol. The van der Waals surface area contributed by atoms with Crippen LogP contribution in [0.5, 0.6) is 0 Å². The predicted octanol–water partition coefficient (Wildman–Crippen LogP) is 3.88. The van der Waals surface area contributed by atoms with Crippen LogP contribution in [0.3, 0.4) is 0 Å². The Bertz CT molecular complexity index is 1210. The molecule has 178 valence electrons. The lowest BCUT2D eigenvalue weighted by atomic mass is 10.1. The van der Waals surface area contributed by atoms with Crippen LogP contribution in [0.1, 0.15) is 22.3 Å². The Balaban J connectivity index is 1.51. The first-order valence-corrected chi connectivity index (χ1v) is 11.2. The van der Waals surface area contributed by atoms with Crippen molar-refractivity contribution in [3.05, 3.63) is 96.1 Å². The third-order valence-corrected chi connectivity index (χ3v) is 5.79. The molecule has 0 aliphatic carbocycles. The van der Waals surface area contributed by atoms with Crippen molar-refractivity contribution >= 4 is 35.2 Å². The minimum Gasteiger partial charge on any atom is -0.465 e. The third kappa shape index (κ3) is 5.38. The Morgan fingerprint density at radius 2 is 1.51 bits per heavy atom. The maximum Gasteiger partial charge on any atom is 0.337 e. The van der Waals surface area contributed by atoms with Crippen molar-refractivity contribution in [2.75, 3.05) is 23.9 Å². The molecule has 8 nitrogen and oxygen atoms in total. The summed E-state index contributed by atoms with van der Waals surface area (Å²) in [6.45, 7) is 0.295. The van der Waals surface area contributed by atoms with Crippen LogP contribution in [0.4, 0.5) is 16.2 Å². The van der Waals surface area contributed by atoms with Crippen molar-refractivity contribution in [2.24, 2.45) is 0 Å². The third-order valence-electron chi connectivity index (χ3n) is 5.79. The van der Waals surface area contributed by atoms with E-state index in [0.717, 1.165) is 10.5 Å². The second-order valence-electron chi connectivity index (χ2n) is 8.06. The summed E-state index contributed by atoms with van der Waals surface area (Å²) in [6.07, 6.45) is 0.358. The Kier molecular flexibility index (Phi) is 7.21. The molecule has 0 bridgehead atoms. The fourth-order valence-electron chi connectivity index (χ4n) is 3.99. The Morgan fingerprint density at radius 3 is 2.14 bits per heavy atom. The van der Waals surface area contributed by atoms with Crippen LogP contribution in [-0.4, -0.2) is 48.4 Å². The lowest BCUT2D eigenvalue weighted by Gasteiger charge is -2.21. The Morgan fingerprint density at radius 1 is 0.886 bits per heavy atom. The van der Waals surface area contributed by atoms with E-state index in [1.165, 1.54) is 24.1 Å². The number of nitrogens with zero attached hydrogens (tertiary/aromatic N) is 2. The summed E-state index contributed by atoms with van der Waals surface area (Å²) in [5, 5.41) is 2.74. The fourth-order valence-corrected chi connectivity index (χ4v) is 3.99. The van der Waals surface area contributed by atoms with Gasteiger partial charge in [-0.05, 0) is 48.4 Å². The zero-order chi connectivity index (χ0) is 24.8. The van der Waals surface area contributed by atoms with E-state index in [-0.39, 0.29) is 6.42 Å². The van der Waals surface area contributed by atoms with Crippen LogP contribution in [0, 0.1) is 0 Å². The first-order chi connectivity index (χ1) is 17.0. The summed E-state index contributed by atoms with van der Waals surface area (Å²) in [5.41, 5.74) is 2.32. The van der Waals surface area contributed by atoms with E-state index in [1.54, 1.807) is 42.5 Å². The standard InChI is InChI=1S/C27H25N3O5/c1-35-26(33)20-12-14-21(15-13-20)28-24(31)18-23-25(32)30(22-10-6-3-7-11-22)27(34)29(23)17-16-19-8-4-2-5-9-19/h2-15,23H,16-18H2,1H3,(H,28,31)/t23-/m1/s1. The van der Waals surface area contributed by atoms with Crippen molar-refractivity contribution < 1.29 is 23.9 Å². The average Bonchev–Trinajstić information content (AvgIpc) is 3.12. The highest BCUT2D eigenvalue weighted by molar-refractivity contribution is 6.22. The first kappa shape index (κ1) is 23.7. The van der Waals surface area contributed by atoms with E-state index in [2.05, 4.69) is 10.1 Å². The van der Waals surface area contributed by atoms with Gasteiger partial charge in [0.1, 0.15) is 6.04 Å². The van der Waals surface area contributed by atoms with Gasteiger partial charge in [0, 0.05) is 12.2 Å². The van der Waals surface area contributed by atoms with E-state index >= 15 is 0 Å². The second kappa shape index (κ2) is 10.6. The molecule has 1 fully saturated rings. The van der Waals surface area contributed by atoms with Crippen LogP contribution in [-0.2, 0) is 20.7 Å². The highest BCUT2D eigenvalue weighted by Crippen LogP contribution is 2.27. The number of urea groups is 1. The smallest absolute Gasteiger partial charge is 0.337 e. The number of imide groups is 1. The van der Waals surface area contributed by atoms with Crippen molar-refractivity contribution in [2.45, 2.75) is 18.9 Å². The molecule has 3 aromatic rings. The number of rotatable bonds is 8. The number of nitrogens with one attached hydrogen (secondary N) is 1. The van der Waals surface area contributed by atoms with Gasteiger partial charge in [0.2, 0.25) is 5.91 Å². The number of benzene rings is 3. The number of esters is 1. The first-order valence-electron chi connectivity index (χ1n) is 11.2. The quantitative estimate of drug-likeness (QED) is 0.397. The number of anilines is 2. The highest BCUT2D eigenvalue weighted by atomic mass is 16.5. The number of amides is 4. The van der Waals surface area contributed by atoms with Crippen molar-refractivity contribution in [1.82, 2.24) is 4.90 Å². The molecule has 0 saturated carbocycles. The molecular weight excluding hydrogens is 446 g/mol. The average molecular weight is 472 g/mol. The normalized spacial score (nSPS) is 15.3. The number of carbonyl (C=O) groups excluding carboxylic acids is 4. The predicted molar refractivity (Wildman–Crippen MR) is 131 cm³/mol. The largest absolute Gasteiger partial charge is 0.465 e. The maximum absolute atomic E-state index is 13.3. The molecule has 1 atom stereocenters. The SMILES string of the molecule is COC(=O)c1ccc(NC(=O)C[C@@H]2C(=O)N(c3ccccc3)C(=O)N2CCc2ccccc2)cc1. The molecular formula is C27H25N3O5. The van der Waals surface area contributed by atoms with E-state index in [4.69, 9.17) is 0 Å². The minimum absolute atomic E-state index is 0.193. The number of carbonyl (C=O) groups is 4. The fraction of sp³-hybridized carbons (Fsp3) is 0.185. The van der Waals surface area contributed by atoms with Gasteiger partial charge >= 0.3 is 12.0 Å². The molecule has 0 radical (unpaired) electrons. The van der Waals surface area contributed by atoms with Gasteiger partial charge < -0.3 is 15.0 Å². The van der Waals surface area contributed by atoms with E-state index < -0.39 is 29.9 Å².